The molecule has 0 radical (unpaired) electrons. The largest absolute Gasteiger partial charge is 0.487 e. The molecule has 2 amide bonds. The van der Waals surface area contributed by atoms with Crippen molar-refractivity contribution in [1.82, 2.24) is 9.88 Å². The maximum absolute atomic E-state index is 15.8. The Morgan fingerprint density at radius 2 is 1.80 bits per heavy atom. The number of hydrogen-bond acceptors (Lipinski definition) is 9. The Bertz CT molecular complexity index is 1750. The number of nitrogens with zero attached hydrogens (tertiary/aromatic N) is 4. The third-order valence-corrected chi connectivity index (χ3v) is 8.27. The quantitative estimate of drug-likeness (QED) is 0.395. The highest BCUT2D eigenvalue weighted by molar-refractivity contribution is 5.98. The van der Waals surface area contributed by atoms with Crippen LogP contribution in [0.3, 0.4) is 0 Å². The minimum absolute atomic E-state index is 0.0347. The third-order valence-electron chi connectivity index (χ3n) is 8.27. The highest BCUT2D eigenvalue weighted by Gasteiger charge is 2.34. The van der Waals surface area contributed by atoms with E-state index in [0.717, 1.165) is 6.07 Å². The van der Waals surface area contributed by atoms with Gasteiger partial charge in [0.15, 0.2) is 11.6 Å². The standard InChI is InChI=1S/C31H33F2N5O7/c1-4-43-30(41)22-15-37-17(2)16-44-29-26(37)21(28(22)40)12-24(33)27(29)36-9-7-35(8-10-36)25-6-5-19(11-23(25)32)38-14-20(45-31(38)42)13-34-18(3)39/h5-6,11-12,15,17,20H,4,7-10,13-14,16H2,1-3H3,(H,34,39)/t17?,20-/m0/s1. The zero-order chi connectivity index (χ0) is 32.0. The number of halogens is 2. The second-order valence-corrected chi connectivity index (χ2v) is 11.3. The lowest BCUT2D eigenvalue weighted by molar-refractivity contribution is -0.119. The van der Waals surface area contributed by atoms with Crippen LogP contribution in [0.25, 0.3) is 10.9 Å². The number of carbonyl (C=O) groups is 3. The Morgan fingerprint density at radius 1 is 1.07 bits per heavy atom. The van der Waals surface area contributed by atoms with Gasteiger partial charge in [0.05, 0.1) is 48.0 Å². The normalized spacial score (nSPS) is 19.4. The number of cyclic esters (lactones) is 1. The molecule has 14 heteroatoms. The predicted octanol–water partition coefficient (Wildman–Crippen LogP) is 3.20. The second kappa shape index (κ2) is 11.9. The molecule has 2 atom stereocenters. The number of ether oxygens (including phenoxy) is 3. The Morgan fingerprint density at radius 3 is 2.49 bits per heavy atom. The van der Waals surface area contributed by atoms with Crippen LogP contribution in [0.5, 0.6) is 5.75 Å². The average molecular weight is 626 g/mol. The van der Waals surface area contributed by atoms with Crippen LogP contribution in [0.4, 0.5) is 30.6 Å². The highest BCUT2D eigenvalue weighted by atomic mass is 19.1. The lowest BCUT2D eigenvalue weighted by Gasteiger charge is -2.39. The molecule has 3 aromatic rings. The summed E-state index contributed by atoms with van der Waals surface area (Å²) in [5, 5.41) is 2.64. The van der Waals surface area contributed by atoms with Crippen molar-refractivity contribution in [2.24, 2.45) is 0 Å². The number of aromatic nitrogens is 1. The molecule has 3 aliphatic rings. The molecule has 0 spiro atoms. The molecule has 0 saturated carbocycles. The van der Waals surface area contributed by atoms with Gasteiger partial charge in [-0.2, -0.15) is 0 Å². The summed E-state index contributed by atoms with van der Waals surface area (Å²) in [6.07, 6.45) is 0.294. The van der Waals surface area contributed by atoms with Crippen LogP contribution in [0.2, 0.25) is 0 Å². The molecule has 6 rings (SSSR count). The number of hydrogen-bond donors (Lipinski definition) is 1. The maximum atomic E-state index is 15.8. The van der Waals surface area contributed by atoms with Gasteiger partial charge in [-0.3, -0.25) is 14.5 Å². The lowest BCUT2D eigenvalue weighted by atomic mass is 10.1. The van der Waals surface area contributed by atoms with Crippen LogP contribution in [0.1, 0.15) is 37.2 Å². The number of benzene rings is 2. The minimum atomic E-state index is -0.763. The van der Waals surface area contributed by atoms with E-state index in [1.807, 2.05) is 16.7 Å². The minimum Gasteiger partial charge on any atom is -0.487 e. The first kappa shape index (κ1) is 30.2. The number of piperazine rings is 1. The van der Waals surface area contributed by atoms with Gasteiger partial charge in [0.25, 0.3) is 0 Å². The molecule has 3 aliphatic heterocycles. The van der Waals surface area contributed by atoms with E-state index in [0.29, 0.717) is 43.1 Å². The molecule has 45 heavy (non-hydrogen) atoms. The summed E-state index contributed by atoms with van der Waals surface area (Å²) in [5.74, 6) is -1.95. The molecular formula is C31H33F2N5O7. The highest BCUT2D eigenvalue weighted by Crippen LogP contribution is 2.42. The number of nitrogens with one attached hydrogen (secondary N) is 1. The zero-order valence-electron chi connectivity index (χ0n) is 25.1. The fourth-order valence-electron chi connectivity index (χ4n) is 6.05. The molecule has 0 bridgehead atoms. The van der Waals surface area contributed by atoms with Gasteiger partial charge in [0.1, 0.15) is 29.8 Å². The van der Waals surface area contributed by atoms with Crippen LogP contribution in [0.15, 0.2) is 35.3 Å². The number of amides is 2. The molecule has 2 fully saturated rings. The molecule has 1 N–H and O–H groups in total. The van der Waals surface area contributed by atoms with Crippen molar-refractivity contribution in [2.45, 2.75) is 32.9 Å². The smallest absolute Gasteiger partial charge is 0.414 e. The molecule has 4 heterocycles. The van der Waals surface area contributed by atoms with Crippen molar-refractivity contribution in [2.75, 3.05) is 67.2 Å². The van der Waals surface area contributed by atoms with Gasteiger partial charge in [-0.05, 0) is 38.1 Å². The number of esters is 1. The zero-order valence-corrected chi connectivity index (χ0v) is 25.1. The van der Waals surface area contributed by atoms with Crippen molar-refractivity contribution < 1.29 is 37.4 Å². The summed E-state index contributed by atoms with van der Waals surface area (Å²) >= 11 is 0. The molecule has 1 aromatic heterocycles. The van der Waals surface area contributed by atoms with Crippen LogP contribution in [-0.2, 0) is 14.3 Å². The Hall–Kier alpha value is -4.88. The van der Waals surface area contributed by atoms with Gasteiger partial charge in [0, 0.05) is 39.3 Å². The van der Waals surface area contributed by atoms with Crippen molar-refractivity contribution in [1.29, 1.82) is 0 Å². The predicted molar refractivity (Wildman–Crippen MR) is 161 cm³/mol. The van der Waals surface area contributed by atoms with E-state index in [1.165, 1.54) is 24.1 Å². The first-order valence-corrected chi connectivity index (χ1v) is 14.8. The third kappa shape index (κ3) is 5.49. The number of carbonyl (C=O) groups excluding carboxylic acids is 3. The second-order valence-electron chi connectivity index (χ2n) is 11.3. The van der Waals surface area contributed by atoms with Gasteiger partial charge in [-0.1, -0.05) is 0 Å². The van der Waals surface area contributed by atoms with Crippen molar-refractivity contribution in [3.63, 3.8) is 0 Å². The van der Waals surface area contributed by atoms with E-state index >= 15 is 8.78 Å². The summed E-state index contributed by atoms with van der Waals surface area (Å²) in [6, 6.07) is 5.43. The van der Waals surface area contributed by atoms with Crippen LogP contribution >= 0.6 is 0 Å². The van der Waals surface area contributed by atoms with E-state index in [-0.39, 0.29) is 60.6 Å². The van der Waals surface area contributed by atoms with E-state index in [4.69, 9.17) is 14.2 Å². The van der Waals surface area contributed by atoms with Crippen LogP contribution in [-0.4, -0.2) is 81.1 Å². The summed E-state index contributed by atoms with van der Waals surface area (Å²) in [7, 11) is 0. The molecule has 238 valence electrons. The van der Waals surface area contributed by atoms with Crippen LogP contribution in [0, 0.1) is 11.6 Å². The van der Waals surface area contributed by atoms with Gasteiger partial charge in [0.2, 0.25) is 11.3 Å². The van der Waals surface area contributed by atoms with Gasteiger partial charge < -0.3 is 33.9 Å². The lowest BCUT2D eigenvalue weighted by Crippen LogP contribution is -2.47. The van der Waals surface area contributed by atoms with Gasteiger partial charge in [-0.25, -0.2) is 18.4 Å². The maximum Gasteiger partial charge on any atom is 0.414 e. The van der Waals surface area contributed by atoms with Crippen molar-refractivity contribution >= 4 is 45.9 Å². The molecular weight excluding hydrogens is 592 g/mol. The summed E-state index contributed by atoms with van der Waals surface area (Å²) in [4.78, 5) is 54.2. The monoisotopic (exact) mass is 625 g/mol. The molecule has 2 aromatic carbocycles. The van der Waals surface area contributed by atoms with E-state index in [1.54, 1.807) is 23.6 Å². The number of pyridine rings is 1. The number of anilines is 3. The Labute approximate surface area is 257 Å². The van der Waals surface area contributed by atoms with Gasteiger partial charge >= 0.3 is 12.1 Å². The summed E-state index contributed by atoms with van der Waals surface area (Å²) < 4.78 is 49.2. The first-order chi connectivity index (χ1) is 21.6. The summed E-state index contributed by atoms with van der Waals surface area (Å²) in [6.45, 7) is 6.94. The molecule has 12 nitrogen and oxygen atoms in total. The fraction of sp³-hybridized carbons (Fsp3) is 0.419. The van der Waals surface area contributed by atoms with Crippen molar-refractivity contribution in [3.05, 3.63) is 57.9 Å². The molecule has 1 unspecified atom stereocenters. The molecule has 2 saturated heterocycles. The van der Waals surface area contributed by atoms with E-state index in [9.17, 15) is 19.2 Å². The number of rotatable bonds is 7. The van der Waals surface area contributed by atoms with Crippen molar-refractivity contribution in [3.8, 4) is 5.75 Å². The van der Waals surface area contributed by atoms with E-state index in [2.05, 4.69) is 5.32 Å². The Balaban J connectivity index is 1.22. The van der Waals surface area contributed by atoms with Gasteiger partial charge in [-0.15, -0.1) is 0 Å². The SMILES string of the molecule is CCOC(=O)c1cn2c3c(c(N4CCN(c5ccc(N6C[C@H](CNC(C)=O)OC6=O)cc5F)CC4)c(F)cc3c1=O)OCC2C. The molecule has 0 aliphatic carbocycles. The topological polar surface area (TPSA) is 123 Å². The first-order valence-electron chi connectivity index (χ1n) is 14.8. The van der Waals surface area contributed by atoms with E-state index < -0.39 is 35.2 Å². The summed E-state index contributed by atoms with van der Waals surface area (Å²) in [5.41, 5.74) is 0.510. The van der Waals surface area contributed by atoms with Crippen LogP contribution < -0.4 is 30.2 Å². The Kier molecular flexibility index (Phi) is 7.97. The average Bonchev–Trinajstić information content (AvgIpc) is 3.39. The fourth-order valence-corrected chi connectivity index (χ4v) is 6.05.